The van der Waals surface area contributed by atoms with E-state index in [0.29, 0.717) is 0 Å². The largest absolute Gasteiger partial charge is 0.352 e. The topological polar surface area (TPSA) is 64.0 Å². The Morgan fingerprint density at radius 1 is 1.44 bits per heavy atom. The van der Waals surface area contributed by atoms with Crippen LogP contribution in [0.1, 0.15) is 44.3 Å². The van der Waals surface area contributed by atoms with Gasteiger partial charge in [0.25, 0.3) is 5.56 Å². The molecule has 1 aromatic rings. The van der Waals surface area contributed by atoms with Gasteiger partial charge in [0.05, 0.1) is 5.69 Å². The van der Waals surface area contributed by atoms with Crippen molar-refractivity contribution in [1.29, 1.82) is 0 Å². The van der Waals surface area contributed by atoms with Gasteiger partial charge in [-0.2, -0.15) is 5.10 Å². The summed E-state index contributed by atoms with van der Waals surface area (Å²) in [5.74, 6) is -0.123. The van der Waals surface area contributed by atoms with Gasteiger partial charge in [-0.15, -0.1) is 0 Å². The maximum Gasteiger partial charge on any atom is 0.267 e. The van der Waals surface area contributed by atoms with Gasteiger partial charge in [0.15, 0.2) is 0 Å². The summed E-state index contributed by atoms with van der Waals surface area (Å²) >= 11 is 0. The molecule has 0 saturated heterocycles. The number of carbonyl (C=O) groups is 1. The Morgan fingerprint density at radius 2 is 2.11 bits per heavy atom. The first kappa shape index (κ1) is 12.8. The van der Waals surface area contributed by atoms with Crippen LogP contribution in [0.15, 0.2) is 16.9 Å². The highest BCUT2D eigenvalue weighted by molar-refractivity contribution is 5.80. The lowest BCUT2D eigenvalue weighted by Gasteiger charge is -2.17. The fourth-order valence-corrected chi connectivity index (χ4v) is 2.30. The molecule has 1 fully saturated rings. The van der Waals surface area contributed by atoms with E-state index >= 15 is 0 Å². The molecule has 2 rings (SSSR count). The lowest BCUT2D eigenvalue weighted by Crippen LogP contribution is -2.40. The minimum atomic E-state index is -0.557. The second-order valence-electron chi connectivity index (χ2n) is 4.92. The fourth-order valence-electron chi connectivity index (χ4n) is 2.30. The zero-order valence-corrected chi connectivity index (χ0v) is 10.8. The Bertz CT molecular complexity index is 489. The normalized spacial score (nSPS) is 17.7. The van der Waals surface area contributed by atoms with Crippen molar-refractivity contribution >= 4 is 5.91 Å². The van der Waals surface area contributed by atoms with Crippen LogP contribution in [0.5, 0.6) is 0 Å². The van der Waals surface area contributed by atoms with Gasteiger partial charge < -0.3 is 5.32 Å². The third kappa shape index (κ3) is 2.78. The third-order valence-electron chi connectivity index (χ3n) is 3.41. The minimum Gasteiger partial charge on any atom is -0.352 e. The molecule has 0 bridgehead atoms. The molecule has 98 valence electrons. The van der Waals surface area contributed by atoms with Crippen LogP contribution in [-0.4, -0.2) is 21.7 Å². The molecule has 1 atom stereocenters. The molecule has 1 amide bonds. The van der Waals surface area contributed by atoms with Gasteiger partial charge >= 0.3 is 0 Å². The van der Waals surface area contributed by atoms with E-state index in [0.717, 1.165) is 18.5 Å². The fraction of sp³-hybridized carbons (Fsp3) is 0.615. The molecule has 1 aliphatic rings. The average molecular weight is 249 g/mol. The number of carbonyl (C=O) groups excluding carboxylic acids is 1. The summed E-state index contributed by atoms with van der Waals surface area (Å²) in [4.78, 5) is 23.7. The van der Waals surface area contributed by atoms with Crippen LogP contribution in [-0.2, 0) is 4.79 Å². The Labute approximate surface area is 106 Å². The second kappa shape index (κ2) is 5.33. The predicted molar refractivity (Wildman–Crippen MR) is 68.3 cm³/mol. The van der Waals surface area contributed by atoms with Crippen molar-refractivity contribution in [2.24, 2.45) is 0 Å². The quantitative estimate of drug-likeness (QED) is 0.874. The smallest absolute Gasteiger partial charge is 0.267 e. The molecular formula is C13H19N3O2. The second-order valence-corrected chi connectivity index (χ2v) is 4.92. The molecule has 1 aliphatic carbocycles. The molecule has 18 heavy (non-hydrogen) atoms. The van der Waals surface area contributed by atoms with Gasteiger partial charge in [0.2, 0.25) is 5.91 Å². The summed E-state index contributed by atoms with van der Waals surface area (Å²) in [6, 6.07) is 2.81. The maximum absolute atomic E-state index is 12.1. The van der Waals surface area contributed by atoms with Gasteiger partial charge in [0.1, 0.15) is 6.04 Å². The van der Waals surface area contributed by atoms with E-state index in [9.17, 15) is 9.59 Å². The molecule has 1 unspecified atom stereocenters. The highest BCUT2D eigenvalue weighted by Gasteiger charge is 2.22. The van der Waals surface area contributed by atoms with Crippen LogP contribution in [0.25, 0.3) is 0 Å². The van der Waals surface area contributed by atoms with Crippen LogP contribution < -0.4 is 10.9 Å². The van der Waals surface area contributed by atoms with E-state index in [2.05, 4.69) is 10.4 Å². The molecule has 0 spiro atoms. The molecule has 0 radical (unpaired) electrons. The van der Waals surface area contributed by atoms with Crippen molar-refractivity contribution in [1.82, 2.24) is 15.1 Å². The van der Waals surface area contributed by atoms with E-state index in [1.54, 1.807) is 19.9 Å². The van der Waals surface area contributed by atoms with Gasteiger partial charge in [-0.05, 0) is 32.8 Å². The van der Waals surface area contributed by atoms with Crippen LogP contribution in [0.2, 0.25) is 0 Å². The molecule has 0 aliphatic heterocycles. The zero-order valence-electron chi connectivity index (χ0n) is 10.8. The number of aromatic nitrogens is 2. The van der Waals surface area contributed by atoms with Crippen molar-refractivity contribution in [2.45, 2.75) is 51.6 Å². The van der Waals surface area contributed by atoms with Crippen molar-refractivity contribution < 1.29 is 4.79 Å². The van der Waals surface area contributed by atoms with Crippen LogP contribution in [0, 0.1) is 6.92 Å². The molecule has 1 aromatic heterocycles. The van der Waals surface area contributed by atoms with E-state index in [-0.39, 0.29) is 17.5 Å². The van der Waals surface area contributed by atoms with E-state index < -0.39 is 6.04 Å². The number of rotatable bonds is 3. The predicted octanol–water partition coefficient (Wildman–Crippen LogP) is 1.17. The van der Waals surface area contributed by atoms with Gasteiger partial charge in [-0.25, -0.2) is 4.68 Å². The zero-order chi connectivity index (χ0) is 13.1. The van der Waals surface area contributed by atoms with Gasteiger partial charge in [-0.3, -0.25) is 9.59 Å². The Kier molecular flexibility index (Phi) is 3.79. The summed E-state index contributed by atoms with van der Waals surface area (Å²) in [5.41, 5.74) is 0.491. The highest BCUT2D eigenvalue weighted by Crippen LogP contribution is 2.18. The number of nitrogens with zero attached hydrogens (tertiary/aromatic N) is 2. The molecular weight excluding hydrogens is 230 g/mol. The SMILES string of the molecule is Cc1ccc(=O)n(C(C)C(=O)NC2CCCC2)n1. The summed E-state index contributed by atoms with van der Waals surface area (Å²) in [6.45, 7) is 3.51. The van der Waals surface area contributed by atoms with Crippen molar-refractivity contribution in [2.75, 3.05) is 0 Å². The monoisotopic (exact) mass is 249 g/mol. The number of amides is 1. The average Bonchev–Trinajstić information content (AvgIpc) is 2.84. The molecule has 0 aromatic carbocycles. The Morgan fingerprint density at radius 3 is 2.78 bits per heavy atom. The highest BCUT2D eigenvalue weighted by atomic mass is 16.2. The van der Waals surface area contributed by atoms with Crippen molar-refractivity contribution in [3.8, 4) is 0 Å². The van der Waals surface area contributed by atoms with Crippen molar-refractivity contribution in [3.05, 3.63) is 28.2 Å². The molecule has 1 saturated carbocycles. The minimum absolute atomic E-state index is 0.123. The molecule has 1 N–H and O–H groups in total. The van der Waals surface area contributed by atoms with Gasteiger partial charge in [-0.1, -0.05) is 12.8 Å². The van der Waals surface area contributed by atoms with E-state index in [4.69, 9.17) is 0 Å². The Balaban J connectivity index is 2.09. The van der Waals surface area contributed by atoms with Crippen LogP contribution >= 0.6 is 0 Å². The standard InChI is InChI=1S/C13H19N3O2/c1-9-7-8-12(17)16(15-9)10(2)13(18)14-11-5-3-4-6-11/h7-8,10-11H,3-6H2,1-2H3,(H,14,18). The summed E-state index contributed by atoms with van der Waals surface area (Å²) in [7, 11) is 0. The molecule has 1 heterocycles. The number of hydrogen-bond donors (Lipinski definition) is 1. The summed E-state index contributed by atoms with van der Waals surface area (Å²) in [5, 5.41) is 7.10. The van der Waals surface area contributed by atoms with Crippen LogP contribution in [0.4, 0.5) is 0 Å². The van der Waals surface area contributed by atoms with Gasteiger partial charge in [0, 0.05) is 12.1 Å². The summed E-state index contributed by atoms with van der Waals surface area (Å²) < 4.78 is 1.25. The van der Waals surface area contributed by atoms with Crippen LogP contribution in [0.3, 0.4) is 0 Å². The number of hydrogen-bond acceptors (Lipinski definition) is 3. The molecule has 5 nitrogen and oxygen atoms in total. The van der Waals surface area contributed by atoms with E-state index in [1.165, 1.54) is 23.6 Å². The number of nitrogens with one attached hydrogen (secondary N) is 1. The molecule has 5 heteroatoms. The lowest BCUT2D eigenvalue weighted by atomic mass is 10.2. The first-order valence-corrected chi connectivity index (χ1v) is 6.45. The van der Waals surface area contributed by atoms with E-state index in [1.807, 2.05) is 0 Å². The first-order chi connectivity index (χ1) is 8.58. The third-order valence-corrected chi connectivity index (χ3v) is 3.41. The first-order valence-electron chi connectivity index (χ1n) is 6.45. The van der Waals surface area contributed by atoms with Crippen molar-refractivity contribution in [3.63, 3.8) is 0 Å². The summed E-state index contributed by atoms with van der Waals surface area (Å²) in [6.07, 6.45) is 4.41. The number of aryl methyl sites for hydroxylation is 1. The lowest BCUT2D eigenvalue weighted by molar-refractivity contribution is -0.124. The Hall–Kier alpha value is -1.65. The maximum atomic E-state index is 12.1.